The van der Waals surface area contributed by atoms with E-state index < -0.39 is 0 Å². The van der Waals surface area contributed by atoms with Crippen LogP contribution in [0.25, 0.3) is 22.6 Å². The Hall–Kier alpha value is -2.40. The van der Waals surface area contributed by atoms with Gasteiger partial charge in [-0.2, -0.15) is 4.98 Å². The van der Waals surface area contributed by atoms with Gasteiger partial charge < -0.3 is 15.5 Å². The molecule has 0 bridgehead atoms. The van der Waals surface area contributed by atoms with Crippen LogP contribution in [-0.4, -0.2) is 22.1 Å². The molecule has 0 fully saturated rings. The third-order valence-electron chi connectivity index (χ3n) is 2.99. The van der Waals surface area contributed by atoms with Crippen LogP contribution in [0.3, 0.4) is 0 Å². The first kappa shape index (κ1) is 11.7. The summed E-state index contributed by atoms with van der Waals surface area (Å²) < 4.78 is 5.09. The molecule has 0 aliphatic heterocycles. The number of benzene rings is 1. The summed E-state index contributed by atoms with van der Waals surface area (Å²) >= 11 is 0. The lowest BCUT2D eigenvalue weighted by molar-refractivity contribution is 0.399. The maximum atomic E-state index is 5.58. The molecule has 0 aliphatic rings. The van der Waals surface area contributed by atoms with E-state index in [1.54, 1.807) is 7.11 Å². The molecular formula is C14H14N4O. The van der Waals surface area contributed by atoms with Gasteiger partial charge in [-0.25, -0.2) is 4.98 Å². The minimum Gasteiger partial charge on any atom is -0.481 e. The van der Waals surface area contributed by atoms with E-state index in [1.807, 2.05) is 36.4 Å². The van der Waals surface area contributed by atoms with Gasteiger partial charge in [-0.05, 0) is 11.6 Å². The Morgan fingerprint density at radius 3 is 2.58 bits per heavy atom. The molecule has 1 aromatic carbocycles. The number of methoxy groups -OCH3 is 1. The summed E-state index contributed by atoms with van der Waals surface area (Å²) in [6.45, 7) is 0.541. The number of ether oxygens (including phenoxy) is 1. The lowest BCUT2D eigenvalue weighted by Gasteiger charge is -1.98. The number of nitrogens with one attached hydrogen (secondary N) is 1. The second-order valence-corrected chi connectivity index (χ2v) is 4.21. The maximum absolute atomic E-state index is 5.58. The van der Waals surface area contributed by atoms with Gasteiger partial charge in [0.25, 0.3) is 0 Å². The zero-order valence-electron chi connectivity index (χ0n) is 10.6. The quantitative estimate of drug-likeness (QED) is 0.750. The number of aromatic nitrogens is 3. The summed E-state index contributed by atoms with van der Waals surface area (Å²) in [5.41, 5.74) is 9.23. The van der Waals surface area contributed by atoms with Crippen molar-refractivity contribution in [2.75, 3.05) is 7.11 Å². The van der Waals surface area contributed by atoms with Crippen LogP contribution in [0, 0.1) is 0 Å². The number of aromatic amines is 1. The number of hydrogen-bond acceptors (Lipinski definition) is 4. The molecule has 5 nitrogen and oxygen atoms in total. The van der Waals surface area contributed by atoms with Gasteiger partial charge in [0, 0.05) is 18.2 Å². The van der Waals surface area contributed by atoms with E-state index in [0.717, 1.165) is 22.5 Å². The predicted octanol–water partition coefficient (Wildman–Crippen LogP) is 2.09. The lowest BCUT2D eigenvalue weighted by atomic mass is 10.1. The van der Waals surface area contributed by atoms with Crippen molar-refractivity contribution in [1.29, 1.82) is 0 Å². The monoisotopic (exact) mass is 254 g/mol. The summed E-state index contributed by atoms with van der Waals surface area (Å²) in [6.07, 6.45) is 0. The average Bonchev–Trinajstić information content (AvgIpc) is 2.90. The Balaban J connectivity index is 2.04. The van der Waals surface area contributed by atoms with Gasteiger partial charge in [-0.15, -0.1) is 0 Å². The van der Waals surface area contributed by atoms with Crippen LogP contribution in [0.4, 0.5) is 0 Å². The molecule has 0 aliphatic carbocycles. The van der Waals surface area contributed by atoms with Crippen molar-refractivity contribution < 1.29 is 4.74 Å². The van der Waals surface area contributed by atoms with Gasteiger partial charge in [-0.3, -0.25) is 0 Å². The number of nitrogens with zero attached hydrogens (tertiary/aromatic N) is 2. The van der Waals surface area contributed by atoms with E-state index in [9.17, 15) is 0 Å². The molecule has 96 valence electrons. The van der Waals surface area contributed by atoms with Crippen LogP contribution in [0.15, 0.2) is 36.4 Å². The van der Waals surface area contributed by atoms with Crippen molar-refractivity contribution in [2.45, 2.75) is 6.54 Å². The highest BCUT2D eigenvalue weighted by molar-refractivity contribution is 5.76. The Kier molecular flexibility index (Phi) is 2.89. The van der Waals surface area contributed by atoms with Crippen molar-refractivity contribution in [3.63, 3.8) is 0 Å². The molecule has 0 spiro atoms. The number of pyridine rings is 1. The largest absolute Gasteiger partial charge is 0.481 e. The molecule has 3 aromatic rings. The third kappa shape index (κ3) is 2.15. The first-order valence-corrected chi connectivity index (χ1v) is 6.00. The minimum absolute atomic E-state index is 0.541. The van der Waals surface area contributed by atoms with Crippen molar-refractivity contribution in [3.05, 3.63) is 42.0 Å². The smallest absolute Gasteiger partial charge is 0.215 e. The summed E-state index contributed by atoms with van der Waals surface area (Å²) in [6, 6.07) is 11.7. The van der Waals surface area contributed by atoms with E-state index >= 15 is 0 Å². The van der Waals surface area contributed by atoms with E-state index in [2.05, 4.69) is 15.0 Å². The number of hydrogen-bond donors (Lipinski definition) is 2. The van der Waals surface area contributed by atoms with Crippen molar-refractivity contribution in [1.82, 2.24) is 15.0 Å². The van der Waals surface area contributed by atoms with Gasteiger partial charge in [-0.1, -0.05) is 24.3 Å². The highest BCUT2D eigenvalue weighted by Gasteiger charge is 2.07. The summed E-state index contributed by atoms with van der Waals surface area (Å²) in [4.78, 5) is 12.0. The van der Waals surface area contributed by atoms with Crippen LogP contribution in [-0.2, 0) is 6.54 Å². The van der Waals surface area contributed by atoms with Crippen molar-refractivity contribution in [2.24, 2.45) is 5.73 Å². The first-order chi connectivity index (χ1) is 9.30. The Bertz CT molecular complexity index is 703. The molecule has 2 heterocycles. The number of imidazole rings is 1. The zero-order chi connectivity index (χ0) is 13.2. The maximum Gasteiger partial charge on any atom is 0.215 e. The molecule has 0 saturated heterocycles. The minimum atomic E-state index is 0.541. The number of fused-ring (bicyclic) bond motifs is 1. The third-order valence-corrected chi connectivity index (χ3v) is 2.99. The number of rotatable bonds is 3. The highest BCUT2D eigenvalue weighted by Crippen LogP contribution is 2.21. The fraction of sp³-hybridized carbons (Fsp3) is 0.143. The normalized spacial score (nSPS) is 10.8. The second-order valence-electron chi connectivity index (χ2n) is 4.21. The summed E-state index contributed by atoms with van der Waals surface area (Å²) in [5.74, 6) is 1.35. The van der Waals surface area contributed by atoms with Crippen LogP contribution in [0.2, 0.25) is 0 Å². The molecule has 0 unspecified atom stereocenters. The predicted molar refractivity (Wildman–Crippen MR) is 73.8 cm³/mol. The molecule has 3 N–H and O–H groups in total. The second kappa shape index (κ2) is 4.70. The van der Waals surface area contributed by atoms with Gasteiger partial charge >= 0.3 is 0 Å². The molecular weight excluding hydrogens is 240 g/mol. The molecule has 5 heteroatoms. The average molecular weight is 254 g/mol. The molecule has 19 heavy (non-hydrogen) atoms. The van der Waals surface area contributed by atoms with Crippen molar-refractivity contribution in [3.8, 4) is 17.3 Å². The van der Waals surface area contributed by atoms with Crippen LogP contribution in [0.5, 0.6) is 5.88 Å². The van der Waals surface area contributed by atoms with Crippen molar-refractivity contribution >= 4 is 11.2 Å². The van der Waals surface area contributed by atoms with Gasteiger partial charge in [0.1, 0.15) is 5.82 Å². The van der Waals surface area contributed by atoms with Gasteiger partial charge in [0.15, 0.2) is 5.65 Å². The first-order valence-electron chi connectivity index (χ1n) is 6.00. The van der Waals surface area contributed by atoms with Crippen LogP contribution < -0.4 is 10.5 Å². The highest BCUT2D eigenvalue weighted by atomic mass is 16.5. The molecule has 3 rings (SSSR count). The molecule has 0 radical (unpaired) electrons. The fourth-order valence-corrected chi connectivity index (χ4v) is 1.92. The molecule has 0 atom stereocenters. The van der Waals surface area contributed by atoms with Crippen LogP contribution in [0.1, 0.15) is 5.56 Å². The van der Waals surface area contributed by atoms with E-state index in [-0.39, 0.29) is 0 Å². The van der Waals surface area contributed by atoms with E-state index in [1.165, 1.54) is 0 Å². The SMILES string of the molecule is COc1ccc2[nH]c(-c3ccc(CN)cc3)nc2n1. The molecule has 2 aromatic heterocycles. The summed E-state index contributed by atoms with van der Waals surface area (Å²) in [5, 5.41) is 0. The van der Waals surface area contributed by atoms with E-state index in [4.69, 9.17) is 10.5 Å². The zero-order valence-corrected chi connectivity index (χ0v) is 10.6. The number of nitrogens with two attached hydrogens (primary N) is 1. The molecule has 0 saturated carbocycles. The van der Waals surface area contributed by atoms with Gasteiger partial charge in [0.05, 0.1) is 12.6 Å². The Morgan fingerprint density at radius 1 is 1.11 bits per heavy atom. The fourth-order valence-electron chi connectivity index (χ4n) is 1.92. The Labute approximate surface area is 110 Å². The lowest BCUT2D eigenvalue weighted by Crippen LogP contribution is -1.95. The molecule has 0 amide bonds. The number of H-pyrrole nitrogens is 1. The standard InChI is InChI=1S/C14H14N4O/c1-19-12-7-6-11-14(17-12)18-13(16-11)10-4-2-9(8-15)3-5-10/h2-7H,8,15H2,1H3,(H,16,17,18). The van der Waals surface area contributed by atoms with E-state index in [0.29, 0.717) is 18.1 Å². The van der Waals surface area contributed by atoms with Crippen LogP contribution >= 0.6 is 0 Å². The topological polar surface area (TPSA) is 76.8 Å². The summed E-state index contributed by atoms with van der Waals surface area (Å²) in [7, 11) is 1.59. The van der Waals surface area contributed by atoms with Gasteiger partial charge in [0.2, 0.25) is 5.88 Å². The Morgan fingerprint density at radius 2 is 1.89 bits per heavy atom.